The Morgan fingerprint density at radius 2 is 2.19 bits per heavy atom. The van der Waals surface area contributed by atoms with Crippen LogP contribution in [0.25, 0.3) is 22.2 Å². The number of carbonyl (C=O) groups is 1. The van der Waals surface area contributed by atoms with Crippen molar-refractivity contribution in [2.45, 2.75) is 32.0 Å². The van der Waals surface area contributed by atoms with Gasteiger partial charge in [0.25, 0.3) is 0 Å². The summed E-state index contributed by atoms with van der Waals surface area (Å²) in [6, 6.07) is 5.35. The van der Waals surface area contributed by atoms with E-state index in [0.717, 1.165) is 27.7 Å². The molecule has 0 aromatic carbocycles. The van der Waals surface area contributed by atoms with Crippen LogP contribution in [-0.2, 0) is 39.9 Å². The zero-order valence-corrected chi connectivity index (χ0v) is 20.6. The molecule has 10 heteroatoms. The van der Waals surface area contributed by atoms with Crippen LogP contribution < -0.4 is 10.1 Å². The van der Waals surface area contributed by atoms with Gasteiger partial charge in [-0.1, -0.05) is 0 Å². The Bertz CT molecular complexity index is 1510. The maximum Gasteiger partial charge on any atom is 0.222 e. The molecule has 9 nitrogen and oxygen atoms in total. The fourth-order valence-electron chi connectivity index (χ4n) is 5.10. The summed E-state index contributed by atoms with van der Waals surface area (Å²) in [7, 11) is 1.93. The van der Waals surface area contributed by atoms with Gasteiger partial charge in [-0.15, -0.1) is 0 Å². The van der Waals surface area contributed by atoms with Crippen molar-refractivity contribution in [1.82, 2.24) is 19.5 Å². The van der Waals surface area contributed by atoms with E-state index in [1.807, 2.05) is 29.9 Å². The second-order valence-corrected chi connectivity index (χ2v) is 9.41. The molecule has 1 spiro atoms. The normalized spacial score (nSPS) is 18.8. The minimum absolute atomic E-state index is 0.0563. The molecule has 0 radical (unpaired) electrons. The largest absolute Gasteiger partial charge is 0.488 e. The number of pyridine rings is 3. The highest BCUT2D eigenvalue weighted by atomic mass is 19.1. The van der Waals surface area contributed by atoms with Gasteiger partial charge in [-0.3, -0.25) is 9.78 Å². The number of ether oxygens (including phenoxy) is 3. The molecule has 6 heterocycles. The number of nitrogens with one attached hydrogen (secondary N) is 1. The van der Waals surface area contributed by atoms with Gasteiger partial charge in [-0.25, -0.2) is 14.4 Å². The van der Waals surface area contributed by atoms with Crippen molar-refractivity contribution < 1.29 is 23.4 Å². The minimum Gasteiger partial charge on any atom is -0.488 e. The van der Waals surface area contributed by atoms with Gasteiger partial charge >= 0.3 is 0 Å². The molecule has 0 bridgehead atoms. The molecule has 2 aliphatic rings. The molecule has 4 aromatic rings. The van der Waals surface area contributed by atoms with Crippen molar-refractivity contribution in [3.63, 3.8) is 0 Å². The Kier molecular flexibility index (Phi) is 5.85. The molecule has 4 aromatic heterocycles. The minimum atomic E-state index is -0.642. The number of rotatable bonds is 5. The van der Waals surface area contributed by atoms with E-state index in [0.29, 0.717) is 55.5 Å². The molecule has 1 atom stereocenters. The highest BCUT2D eigenvalue weighted by Crippen LogP contribution is 2.44. The van der Waals surface area contributed by atoms with Crippen molar-refractivity contribution >= 4 is 22.6 Å². The van der Waals surface area contributed by atoms with Gasteiger partial charge < -0.3 is 24.1 Å². The lowest BCUT2D eigenvalue weighted by Crippen LogP contribution is -2.37. The average Bonchev–Trinajstić information content (AvgIpc) is 3.48. The van der Waals surface area contributed by atoms with Crippen LogP contribution in [0.1, 0.15) is 30.2 Å². The maximum atomic E-state index is 14.3. The number of fused-ring (bicyclic) bond motifs is 3. The van der Waals surface area contributed by atoms with Crippen LogP contribution in [0.15, 0.2) is 43.0 Å². The number of halogens is 1. The molecular formula is C27H26FN5O4. The first-order chi connectivity index (χ1) is 17.9. The second kappa shape index (κ2) is 9.20. The Hall–Kier alpha value is -3.89. The van der Waals surface area contributed by atoms with E-state index in [2.05, 4.69) is 15.3 Å². The van der Waals surface area contributed by atoms with E-state index >= 15 is 0 Å². The maximum absolute atomic E-state index is 14.3. The van der Waals surface area contributed by atoms with Crippen LogP contribution in [0, 0.1) is 5.82 Å². The lowest BCUT2D eigenvalue weighted by Gasteiger charge is -2.34. The predicted molar refractivity (Wildman–Crippen MR) is 134 cm³/mol. The fourth-order valence-corrected chi connectivity index (χ4v) is 5.10. The van der Waals surface area contributed by atoms with Crippen molar-refractivity contribution in [2.75, 3.05) is 25.1 Å². The smallest absolute Gasteiger partial charge is 0.222 e. The molecule has 1 amide bonds. The van der Waals surface area contributed by atoms with Gasteiger partial charge in [0, 0.05) is 74.0 Å². The Balaban J connectivity index is 1.50. The van der Waals surface area contributed by atoms with E-state index in [1.54, 1.807) is 18.5 Å². The topological polar surface area (TPSA) is 100 Å². The average molecular weight is 504 g/mol. The van der Waals surface area contributed by atoms with Gasteiger partial charge in [0.2, 0.25) is 5.91 Å². The molecule has 1 saturated heterocycles. The first-order valence-corrected chi connectivity index (χ1v) is 12.1. The Morgan fingerprint density at radius 3 is 2.97 bits per heavy atom. The van der Waals surface area contributed by atoms with E-state index in [4.69, 9.17) is 19.2 Å². The summed E-state index contributed by atoms with van der Waals surface area (Å²) in [5.41, 5.74) is 3.96. The lowest BCUT2D eigenvalue weighted by atomic mass is 9.89. The lowest BCUT2D eigenvalue weighted by molar-refractivity contribution is -0.114. The third-order valence-electron chi connectivity index (χ3n) is 6.93. The van der Waals surface area contributed by atoms with Gasteiger partial charge in [0.1, 0.15) is 29.6 Å². The van der Waals surface area contributed by atoms with Crippen LogP contribution in [0.3, 0.4) is 0 Å². The van der Waals surface area contributed by atoms with Gasteiger partial charge in [0.15, 0.2) is 0 Å². The highest BCUT2D eigenvalue weighted by Gasteiger charge is 2.44. The fraction of sp³-hybridized carbons (Fsp3) is 0.333. The van der Waals surface area contributed by atoms with Gasteiger partial charge in [-0.2, -0.15) is 0 Å². The van der Waals surface area contributed by atoms with Crippen LogP contribution in [0.4, 0.5) is 10.2 Å². The number of hydrogen-bond donors (Lipinski definition) is 1. The third-order valence-corrected chi connectivity index (χ3v) is 6.93. The molecule has 190 valence electrons. The molecule has 0 aliphatic carbocycles. The Morgan fingerprint density at radius 1 is 1.30 bits per heavy atom. The summed E-state index contributed by atoms with van der Waals surface area (Å²) in [5.74, 6) is 0.482. The van der Waals surface area contributed by atoms with Crippen LogP contribution in [0.5, 0.6) is 5.75 Å². The van der Waals surface area contributed by atoms with Crippen molar-refractivity contribution in [3.05, 3.63) is 65.6 Å². The van der Waals surface area contributed by atoms with Gasteiger partial charge in [0.05, 0.1) is 42.5 Å². The van der Waals surface area contributed by atoms with Crippen LogP contribution in [0.2, 0.25) is 0 Å². The summed E-state index contributed by atoms with van der Waals surface area (Å²) in [6.07, 6.45) is 7.76. The molecule has 2 aliphatic heterocycles. The van der Waals surface area contributed by atoms with Crippen molar-refractivity contribution in [1.29, 1.82) is 0 Å². The van der Waals surface area contributed by atoms with E-state index < -0.39 is 11.4 Å². The summed E-state index contributed by atoms with van der Waals surface area (Å²) in [4.78, 5) is 24.9. The van der Waals surface area contributed by atoms with Crippen LogP contribution >= 0.6 is 0 Å². The molecule has 1 fully saturated rings. The summed E-state index contributed by atoms with van der Waals surface area (Å²) >= 11 is 0. The predicted octanol–water partition coefficient (Wildman–Crippen LogP) is 3.90. The summed E-state index contributed by atoms with van der Waals surface area (Å²) < 4.78 is 34.5. The summed E-state index contributed by atoms with van der Waals surface area (Å²) in [5, 5.41) is 3.63. The first kappa shape index (κ1) is 23.5. The van der Waals surface area contributed by atoms with Crippen LogP contribution in [-0.4, -0.2) is 45.2 Å². The molecular weight excluding hydrogens is 477 g/mol. The Labute approximate surface area is 212 Å². The van der Waals surface area contributed by atoms with E-state index in [-0.39, 0.29) is 12.5 Å². The SMILES string of the molecule is CC(=O)Nc1cc2c(-c3cc(OCc4ccncc4F)c4c(n3)C3(CCOC3)OCC4)cn(C)c2cn1. The number of carbonyl (C=O) groups excluding carboxylic acids is 1. The van der Waals surface area contributed by atoms with Crippen molar-refractivity contribution in [2.24, 2.45) is 7.05 Å². The standard InChI is InChI=1S/C27H26FN5O4/c1-16(34)31-25-9-19-20(13-33(2)23(19)12-30-25)22-10-24(36-14-17-3-6-29-11-21(17)28)18-4-7-37-27(26(18)32-22)5-8-35-15-27/h3,6,9-13H,4-5,7-8,14-15H2,1-2H3,(H,30,31,34). The number of amides is 1. The van der Waals surface area contributed by atoms with Crippen molar-refractivity contribution in [3.8, 4) is 17.0 Å². The molecule has 1 N–H and O–H groups in total. The highest BCUT2D eigenvalue weighted by molar-refractivity contribution is 5.98. The monoisotopic (exact) mass is 503 g/mol. The van der Waals surface area contributed by atoms with Gasteiger partial charge in [-0.05, 0) is 12.1 Å². The number of aryl methyl sites for hydroxylation is 1. The third kappa shape index (κ3) is 4.21. The number of hydrogen-bond acceptors (Lipinski definition) is 7. The second-order valence-electron chi connectivity index (χ2n) is 9.41. The zero-order valence-electron chi connectivity index (χ0n) is 20.6. The molecule has 0 saturated carbocycles. The molecule has 37 heavy (non-hydrogen) atoms. The number of aromatic nitrogens is 4. The van der Waals surface area contributed by atoms with E-state index in [9.17, 15) is 9.18 Å². The first-order valence-electron chi connectivity index (χ1n) is 12.1. The molecule has 1 unspecified atom stereocenters. The molecule has 6 rings (SSSR count). The quantitative estimate of drug-likeness (QED) is 0.441. The van der Waals surface area contributed by atoms with E-state index in [1.165, 1.54) is 13.1 Å². The summed E-state index contributed by atoms with van der Waals surface area (Å²) in [6.45, 7) is 3.03. The number of nitrogens with zero attached hydrogens (tertiary/aromatic N) is 4. The number of anilines is 1. The zero-order chi connectivity index (χ0) is 25.6.